The smallest absolute Gasteiger partial charge is 0.273 e. The molecule has 0 saturated heterocycles. The molecule has 1 atom stereocenters. The number of benzene rings is 1. The number of hydrogen-bond donors (Lipinski definition) is 1. The number of hydrogen-bond acceptors (Lipinski definition) is 4. The molecule has 27 heavy (non-hydrogen) atoms. The summed E-state index contributed by atoms with van der Waals surface area (Å²) < 4.78 is 5.97. The van der Waals surface area contributed by atoms with Crippen LogP contribution in [0.1, 0.15) is 54.1 Å². The molecule has 6 heteroatoms. The number of unbranched alkanes of at least 4 members (excludes halogenated alkanes) is 1. The van der Waals surface area contributed by atoms with Gasteiger partial charge in [0.05, 0.1) is 4.43 Å². The van der Waals surface area contributed by atoms with Gasteiger partial charge >= 0.3 is 0 Å². The van der Waals surface area contributed by atoms with Gasteiger partial charge in [0.1, 0.15) is 5.76 Å². The Labute approximate surface area is 176 Å². The Bertz CT molecular complexity index is 732. The van der Waals surface area contributed by atoms with Crippen LogP contribution < -0.4 is 5.32 Å². The van der Waals surface area contributed by atoms with Crippen LogP contribution in [0.4, 0.5) is 0 Å². The van der Waals surface area contributed by atoms with Gasteiger partial charge in [0.15, 0.2) is 5.69 Å². The van der Waals surface area contributed by atoms with Crippen LogP contribution in [0.15, 0.2) is 34.9 Å². The fourth-order valence-electron chi connectivity index (χ4n) is 3.26. The summed E-state index contributed by atoms with van der Waals surface area (Å²) in [5.41, 5.74) is 2.24. The highest BCUT2D eigenvalue weighted by atomic mass is 127. The second-order valence-corrected chi connectivity index (χ2v) is 8.18. The lowest BCUT2D eigenvalue weighted by atomic mass is 9.81. The Morgan fingerprint density at radius 1 is 1.33 bits per heavy atom. The summed E-state index contributed by atoms with van der Waals surface area (Å²) in [6.07, 6.45) is 2.35. The van der Waals surface area contributed by atoms with Gasteiger partial charge in [-0.2, -0.15) is 0 Å². The van der Waals surface area contributed by atoms with E-state index in [-0.39, 0.29) is 11.3 Å². The Balaban J connectivity index is 2.14. The van der Waals surface area contributed by atoms with Crippen LogP contribution in [0.5, 0.6) is 0 Å². The van der Waals surface area contributed by atoms with Gasteiger partial charge in [-0.25, -0.2) is 0 Å². The molecule has 2 aromatic rings. The molecule has 0 aliphatic rings. The highest BCUT2D eigenvalue weighted by Crippen LogP contribution is 2.25. The zero-order valence-electron chi connectivity index (χ0n) is 16.7. The molecule has 1 aromatic heterocycles. The first-order valence-corrected chi connectivity index (χ1v) is 11.0. The molecular formula is C21H30IN3O2. The fourth-order valence-corrected chi connectivity index (χ4v) is 3.97. The van der Waals surface area contributed by atoms with E-state index in [1.165, 1.54) is 18.4 Å². The number of likely N-dealkylation sites (N-methyl/N-ethyl adjacent to an activating group) is 1. The number of carbonyl (C=O) groups is 1. The number of amides is 1. The molecule has 1 aromatic carbocycles. The first-order valence-electron chi connectivity index (χ1n) is 9.44. The van der Waals surface area contributed by atoms with Crippen molar-refractivity contribution in [3.63, 3.8) is 0 Å². The molecule has 5 nitrogen and oxygen atoms in total. The van der Waals surface area contributed by atoms with Crippen molar-refractivity contribution in [3.8, 4) is 0 Å². The van der Waals surface area contributed by atoms with Gasteiger partial charge in [-0.3, -0.25) is 4.79 Å². The first-order chi connectivity index (χ1) is 12.9. The van der Waals surface area contributed by atoms with Crippen molar-refractivity contribution < 1.29 is 9.32 Å². The van der Waals surface area contributed by atoms with E-state index in [2.05, 4.69) is 83.1 Å². The third kappa shape index (κ3) is 5.78. The molecule has 0 fully saturated rings. The molecule has 0 saturated carbocycles. The first kappa shape index (κ1) is 21.9. The van der Waals surface area contributed by atoms with Gasteiger partial charge in [0.2, 0.25) is 0 Å². The summed E-state index contributed by atoms with van der Waals surface area (Å²) in [6, 6.07) is 10.4. The van der Waals surface area contributed by atoms with Crippen LogP contribution in [0.3, 0.4) is 0 Å². The average Bonchev–Trinajstić information content (AvgIpc) is 3.05. The molecule has 2 rings (SSSR count). The second kappa shape index (κ2) is 10.2. The molecule has 0 bridgehead atoms. The number of halogens is 1. The molecule has 148 valence electrons. The lowest BCUT2D eigenvalue weighted by Gasteiger charge is -2.34. The maximum Gasteiger partial charge on any atom is 0.273 e. The molecular weight excluding hydrogens is 453 g/mol. The van der Waals surface area contributed by atoms with Crippen molar-refractivity contribution in [2.75, 3.05) is 26.7 Å². The SMILES string of the molecule is CCCCN(C)CC(C)(CNC(=O)c1noc(CI)c1C)c1ccccc1. The van der Waals surface area contributed by atoms with Gasteiger partial charge in [0, 0.05) is 24.1 Å². The monoisotopic (exact) mass is 483 g/mol. The predicted molar refractivity (Wildman–Crippen MR) is 117 cm³/mol. The van der Waals surface area contributed by atoms with Crippen molar-refractivity contribution in [3.05, 3.63) is 52.9 Å². The standard InChI is InChI=1S/C21H30IN3O2/c1-5-6-12-25(4)15-21(3,17-10-8-7-9-11-17)14-23-20(26)19-16(2)18(13-22)27-24-19/h7-11H,5-6,12-15H2,1-4H3,(H,23,26). The summed E-state index contributed by atoms with van der Waals surface area (Å²) >= 11 is 2.21. The van der Waals surface area contributed by atoms with Crippen LogP contribution in [0, 0.1) is 6.92 Å². The average molecular weight is 483 g/mol. The van der Waals surface area contributed by atoms with E-state index in [4.69, 9.17) is 4.52 Å². The minimum atomic E-state index is -0.191. The van der Waals surface area contributed by atoms with Crippen LogP contribution in [0.2, 0.25) is 0 Å². The van der Waals surface area contributed by atoms with Gasteiger partial charge in [-0.05, 0) is 32.5 Å². The minimum Gasteiger partial charge on any atom is -0.359 e. The molecule has 1 N–H and O–H groups in total. The van der Waals surface area contributed by atoms with Crippen molar-refractivity contribution in [1.29, 1.82) is 0 Å². The van der Waals surface area contributed by atoms with Crippen LogP contribution in [0.25, 0.3) is 0 Å². The van der Waals surface area contributed by atoms with Crippen molar-refractivity contribution in [2.24, 2.45) is 0 Å². The van der Waals surface area contributed by atoms with Crippen molar-refractivity contribution >= 4 is 28.5 Å². The topological polar surface area (TPSA) is 58.4 Å². The maximum atomic E-state index is 12.7. The third-order valence-electron chi connectivity index (χ3n) is 4.98. The summed E-state index contributed by atoms with van der Waals surface area (Å²) in [6.45, 7) is 8.75. The summed E-state index contributed by atoms with van der Waals surface area (Å²) in [5, 5.41) is 7.05. The lowest BCUT2D eigenvalue weighted by Crippen LogP contribution is -2.46. The highest BCUT2D eigenvalue weighted by molar-refractivity contribution is 14.1. The number of carbonyl (C=O) groups excluding carboxylic acids is 1. The number of nitrogens with one attached hydrogen (secondary N) is 1. The third-order valence-corrected chi connectivity index (χ3v) is 5.67. The van der Waals surface area contributed by atoms with E-state index in [9.17, 15) is 4.79 Å². The number of alkyl halides is 1. The zero-order chi connectivity index (χ0) is 19.9. The number of nitrogens with zero attached hydrogens (tertiary/aromatic N) is 2. The van der Waals surface area contributed by atoms with E-state index in [1.54, 1.807) is 0 Å². The zero-order valence-corrected chi connectivity index (χ0v) is 18.9. The molecule has 0 radical (unpaired) electrons. The Kier molecular flexibility index (Phi) is 8.28. The van der Waals surface area contributed by atoms with E-state index >= 15 is 0 Å². The van der Waals surface area contributed by atoms with Gasteiger partial charge in [-0.15, -0.1) is 0 Å². The van der Waals surface area contributed by atoms with Crippen LogP contribution >= 0.6 is 22.6 Å². The summed E-state index contributed by atoms with van der Waals surface area (Å²) in [7, 11) is 2.15. The summed E-state index contributed by atoms with van der Waals surface area (Å²) in [4.78, 5) is 15.0. The highest BCUT2D eigenvalue weighted by Gasteiger charge is 2.30. The molecule has 0 aliphatic carbocycles. The van der Waals surface area contributed by atoms with E-state index in [0.717, 1.165) is 24.4 Å². The number of rotatable bonds is 10. The lowest BCUT2D eigenvalue weighted by molar-refractivity contribution is 0.0929. The number of aromatic nitrogens is 1. The second-order valence-electron chi connectivity index (χ2n) is 7.41. The van der Waals surface area contributed by atoms with Gasteiger partial charge in [-0.1, -0.05) is 78.3 Å². The molecule has 0 aliphatic heterocycles. The van der Waals surface area contributed by atoms with Crippen LogP contribution in [-0.4, -0.2) is 42.6 Å². The van der Waals surface area contributed by atoms with E-state index in [1.807, 2.05) is 13.0 Å². The van der Waals surface area contributed by atoms with Crippen molar-refractivity contribution in [2.45, 2.75) is 43.5 Å². The quantitative estimate of drug-likeness (QED) is 0.404. The fraction of sp³-hybridized carbons (Fsp3) is 0.524. The van der Waals surface area contributed by atoms with E-state index in [0.29, 0.717) is 16.7 Å². The predicted octanol–water partition coefficient (Wildman–Crippen LogP) is 4.34. The Morgan fingerprint density at radius 3 is 2.63 bits per heavy atom. The Morgan fingerprint density at radius 2 is 2.04 bits per heavy atom. The molecule has 1 unspecified atom stereocenters. The molecule has 1 amide bonds. The maximum absolute atomic E-state index is 12.7. The largest absolute Gasteiger partial charge is 0.359 e. The van der Waals surface area contributed by atoms with Crippen molar-refractivity contribution in [1.82, 2.24) is 15.4 Å². The van der Waals surface area contributed by atoms with Gasteiger partial charge < -0.3 is 14.7 Å². The molecule has 0 spiro atoms. The minimum absolute atomic E-state index is 0.175. The van der Waals surface area contributed by atoms with E-state index < -0.39 is 0 Å². The molecule has 1 heterocycles. The van der Waals surface area contributed by atoms with Gasteiger partial charge in [0.25, 0.3) is 5.91 Å². The summed E-state index contributed by atoms with van der Waals surface area (Å²) in [5.74, 6) is 0.580. The normalized spacial score (nSPS) is 13.6. The Hall–Kier alpha value is -1.41. The van der Waals surface area contributed by atoms with Crippen LogP contribution in [-0.2, 0) is 9.84 Å².